The van der Waals surface area contributed by atoms with Gasteiger partial charge in [-0.25, -0.2) is 9.78 Å². The molecule has 0 radical (unpaired) electrons. The van der Waals surface area contributed by atoms with Gasteiger partial charge in [0.1, 0.15) is 42.3 Å². The number of nitrogens with two attached hydrogens (primary N) is 2. The second-order valence-corrected chi connectivity index (χ2v) is 18.4. The standard InChI is InChI=1S/C42H71N11O10S/c1-21(2)14-28(37(57)50-30(42(62)63)16-23(5)6)48-36(56)29(15-22(3)4)49-39(59)32-10-9-13-53(32)41(61)27(11-12-33(44)54)47-38(58)31(19-64)51-40(60)34(24(7)8)52-35(55)26(43)17-25-18-45-20-46-25/h18,20-24,26-32,34,64H,9-17,19,43H2,1-8H3,(H2,44,54)(H,45,46)(H,47,58)(H,48,56)(H,49,59)(H,50,57)(H,51,60)(H,52,55)(H,62,63)/t26-,27-,28-,29-,30-,31-,32-,34-/m0/s1. The molecule has 1 saturated heterocycles. The molecule has 0 aliphatic carbocycles. The number of nitrogens with zero attached hydrogens (tertiary/aromatic N) is 2. The summed E-state index contributed by atoms with van der Waals surface area (Å²) in [6, 6.07) is -9.30. The number of carboxylic acids is 1. The quantitative estimate of drug-likeness (QED) is 0.0486. The van der Waals surface area contributed by atoms with E-state index >= 15 is 0 Å². The minimum atomic E-state index is -1.37. The Morgan fingerprint density at radius 1 is 0.750 bits per heavy atom. The maximum Gasteiger partial charge on any atom is 0.326 e. The van der Waals surface area contributed by atoms with E-state index in [1.54, 1.807) is 13.8 Å². The number of carbonyl (C=O) groups is 9. The maximum absolute atomic E-state index is 14.2. The van der Waals surface area contributed by atoms with Crippen molar-refractivity contribution in [2.24, 2.45) is 35.1 Å². The van der Waals surface area contributed by atoms with E-state index in [4.69, 9.17) is 11.5 Å². The van der Waals surface area contributed by atoms with Gasteiger partial charge in [-0.15, -0.1) is 0 Å². The van der Waals surface area contributed by atoms with E-state index in [-0.39, 0.29) is 75.0 Å². The van der Waals surface area contributed by atoms with Gasteiger partial charge in [0.25, 0.3) is 0 Å². The number of likely N-dealkylation sites (tertiary alicyclic amines) is 1. The Bertz CT molecular complexity index is 1760. The Kier molecular flexibility index (Phi) is 22.7. The fourth-order valence-electron chi connectivity index (χ4n) is 7.21. The first kappa shape index (κ1) is 54.9. The van der Waals surface area contributed by atoms with E-state index in [2.05, 4.69) is 54.5 Å². The van der Waals surface area contributed by atoms with Crippen molar-refractivity contribution in [1.29, 1.82) is 0 Å². The number of carbonyl (C=O) groups excluding carboxylic acids is 8. The normalized spacial score (nSPS) is 17.2. The first-order valence-corrected chi connectivity index (χ1v) is 22.6. The van der Waals surface area contributed by atoms with Crippen LogP contribution in [0.5, 0.6) is 0 Å². The number of nitrogens with one attached hydrogen (secondary N) is 7. The van der Waals surface area contributed by atoms with Gasteiger partial charge in [0.05, 0.1) is 12.4 Å². The Morgan fingerprint density at radius 2 is 1.27 bits per heavy atom. The van der Waals surface area contributed by atoms with Crippen LogP contribution in [0.2, 0.25) is 0 Å². The number of aromatic amines is 1. The zero-order chi connectivity index (χ0) is 48.4. The van der Waals surface area contributed by atoms with E-state index in [1.165, 1.54) is 17.4 Å². The third-order valence-electron chi connectivity index (χ3n) is 10.5. The van der Waals surface area contributed by atoms with Crippen molar-refractivity contribution < 1.29 is 48.3 Å². The predicted octanol–water partition coefficient (Wildman–Crippen LogP) is -0.747. The lowest BCUT2D eigenvalue weighted by Gasteiger charge is -2.31. The molecule has 22 heteroatoms. The second kappa shape index (κ2) is 26.5. The van der Waals surface area contributed by atoms with Crippen LogP contribution in [0, 0.1) is 23.7 Å². The first-order valence-electron chi connectivity index (χ1n) is 21.9. The average Bonchev–Trinajstić information content (AvgIpc) is 3.91. The fraction of sp³-hybridized carbons (Fsp3) is 0.714. The summed E-state index contributed by atoms with van der Waals surface area (Å²) in [5, 5.41) is 25.5. The van der Waals surface area contributed by atoms with E-state index in [1.807, 2.05) is 41.5 Å². The predicted molar refractivity (Wildman–Crippen MR) is 240 cm³/mol. The van der Waals surface area contributed by atoms with Crippen molar-refractivity contribution >= 4 is 65.9 Å². The number of rotatable bonds is 27. The number of hydrogen-bond acceptors (Lipinski definition) is 12. The van der Waals surface area contributed by atoms with Crippen LogP contribution < -0.4 is 43.4 Å². The van der Waals surface area contributed by atoms with Crippen molar-refractivity contribution in [1.82, 2.24) is 46.8 Å². The summed E-state index contributed by atoms with van der Waals surface area (Å²) in [7, 11) is 0. The molecule has 1 aliphatic heterocycles. The molecule has 1 aromatic heterocycles. The Labute approximate surface area is 380 Å². The molecule has 8 atom stereocenters. The number of thiol groups is 1. The average molecular weight is 922 g/mol. The van der Waals surface area contributed by atoms with Crippen molar-refractivity contribution in [3.05, 3.63) is 18.2 Å². The summed E-state index contributed by atoms with van der Waals surface area (Å²) in [5.41, 5.74) is 12.1. The molecular weight excluding hydrogens is 851 g/mol. The molecule has 64 heavy (non-hydrogen) atoms. The molecule has 0 bridgehead atoms. The van der Waals surface area contributed by atoms with Gasteiger partial charge in [0, 0.05) is 37.0 Å². The van der Waals surface area contributed by atoms with Crippen LogP contribution in [-0.4, -0.2) is 134 Å². The zero-order valence-corrected chi connectivity index (χ0v) is 39.2. The summed E-state index contributed by atoms with van der Waals surface area (Å²) in [6.07, 6.45) is 3.66. The van der Waals surface area contributed by atoms with E-state index < -0.39 is 107 Å². The van der Waals surface area contributed by atoms with Crippen LogP contribution in [0.15, 0.2) is 12.5 Å². The van der Waals surface area contributed by atoms with Crippen LogP contribution in [-0.2, 0) is 49.6 Å². The van der Waals surface area contributed by atoms with Gasteiger partial charge in [0.2, 0.25) is 47.3 Å². The lowest BCUT2D eigenvalue weighted by molar-refractivity contribution is -0.143. The van der Waals surface area contributed by atoms with Crippen LogP contribution >= 0.6 is 12.6 Å². The molecule has 0 spiro atoms. The first-order chi connectivity index (χ1) is 29.9. The van der Waals surface area contributed by atoms with Gasteiger partial charge < -0.3 is 58.4 Å². The third-order valence-corrected chi connectivity index (χ3v) is 10.9. The smallest absolute Gasteiger partial charge is 0.326 e. The number of imidazole rings is 1. The van der Waals surface area contributed by atoms with Crippen molar-refractivity contribution in [3.63, 3.8) is 0 Å². The molecule has 12 N–H and O–H groups in total. The van der Waals surface area contributed by atoms with Crippen LogP contribution in [0.25, 0.3) is 0 Å². The number of primary amides is 1. The molecule has 1 aromatic rings. The van der Waals surface area contributed by atoms with Crippen LogP contribution in [0.1, 0.15) is 106 Å². The molecule has 0 saturated carbocycles. The van der Waals surface area contributed by atoms with Crippen molar-refractivity contribution in [2.45, 2.75) is 155 Å². The zero-order valence-electron chi connectivity index (χ0n) is 38.3. The van der Waals surface area contributed by atoms with Gasteiger partial charge in [-0.2, -0.15) is 12.6 Å². The van der Waals surface area contributed by atoms with E-state index in [9.17, 15) is 48.3 Å². The molecule has 0 aromatic carbocycles. The largest absolute Gasteiger partial charge is 0.480 e. The molecule has 2 heterocycles. The summed E-state index contributed by atoms with van der Waals surface area (Å²) in [4.78, 5) is 127. The van der Waals surface area contributed by atoms with Gasteiger partial charge >= 0.3 is 5.97 Å². The van der Waals surface area contributed by atoms with Crippen LogP contribution in [0.4, 0.5) is 0 Å². The van der Waals surface area contributed by atoms with Gasteiger partial charge in [-0.3, -0.25) is 38.4 Å². The summed E-state index contributed by atoms with van der Waals surface area (Å²) in [5.74, 6) is -7.70. The Morgan fingerprint density at radius 3 is 1.77 bits per heavy atom. The number of aliphatic carboxylic acids is 1. The number of H-pyrrole nitrogens is 1. The monoisotopic (exact) mass is 922 g/mol. The SMILES string of the molecule is CC(C)C[C@H](NC(=O)[C@H](CC(C)C)NC(=O)[C@H](CC(C)C)NC(=O)[C@@H]1CCCN1C(=O)[C@H](CCC(N)=O)NC(=O)[C@H](CS)NC(=O)[C@@H](NC(=O)[C@@H](N)Cc1cnc[nH]1)C(C)C)C(=O)O. The topological polar surface area (TPSA) is 330 Å². The van der Waals surface area contributed by atoms with Gasteiger partial charge in [-0.1, -0.05) is 55.4 Å². The van der Waals surface area contributed by atoms with E-state index in [0.717, 1.165) is 0 Å². The molecule has 21 nitrogen and oxygen atoms in total. The summed E-state index contributed by atoms with van der Waals surface area (Å²) < 4.78 is 0. The number of hydrogen-bond donors (Lipinski definition) is 11. The minimum absolute atomic E-state index is 0.0331. The van der Waals surface area contributed by atoms with Crippen molar-refractivity contribution in [2.75, 3.05) is 12.3 Å². The maximum atomic E-state index is 14.2. The van der Waals surface area contributed by atoms with Gasteiger partial charge in [-0.05, 0) is 62.2 Å². The molecular formula is C42H71N11O10S. The summed E-state index contributed by atoms with van der Waals surface area (Å²) in [6.45, 7) is 14.5. The number of aromatic nitrogens is 2. The highest BCUT2D eigenvalue weighted by Gasteiger charge is 2.40. The lowest BCUT2D eigenvalue weighted by atomic mass is 9.98. The molecule has 8 amide bonds. The molecule has 360 valence electrons. The third kappa shape index (κ3) is 18.1. The molecule has 1 aliphatic rings. The Balaban J connectivity index is 2.26. The van der Waals surface area contributed by atoms with E-state index in [0.29, 0.717) is 12.1 Å². The van der Waals surface area contributed by atoms with Gasteiger partial charge in [0.15, 0.2) is 0 Å². The van der Waals surface area contributed by atoms with Crippen molar-refractivity contribution in [3.8, 4) is 0 Å². The molecule has 2 rings (SSSR count). The second-order valence-electron chi connectivity index (χ2n) is 18.0. The Hall–Kier alpha value is -5.25. The molecule has 1 fully saturated rings. The highest BCUT2D eigenvalue weighted by atomic mass is 32.1. The lowest BCUT2D eigenvalue weighted by Crippen LogP contribution is -2.60. The van der Waals surface area contributed by atoms with Crippen LogP contribution in [0.3, 0.4) is 0 Å². The molecule has 0 unspecified atom stereocenters. The summed E-state index contributed by atoms with van der Waals surface area (Å²) >= 11 is 4.25. The number of carboxylic acid groups (broad SMARTS) is 1. The highest BCUT2D eigenvalue weighted by molar-refractivity contribution is 7.80. The fourth-order valence-corrected chi connectivity index (χ4v) is 7.46. The number of amides is 8. The minimum Gasteiger partial charge on any atom is -0.480 e. The highest BCUT2D eigenvalue weighted by Crippen LogP contribution is 2.21.